The molecule has 0 bridgehead atoms. The van der Waals surface area contributed by atoms with Crippen LogP contribution in [-0.2, 0) is 11.2 Å². The Morgan fingerprint density at radius 3 is 2.48 bits per heavy atom. The number of rotatable bonds is 7. The van der Waals surface area contributed by atoms with Crippen LogP contribution >= 0.6 is 0 Å². The van der Waals surface area contributed by atoms with Gasteiger partial charge in [0, 0.05) is 6.54 Å². The van der Waals surface area contributed by atoms with Crippen LogP contribution in [0, 0.1) is 6.92 Å². The van der Waals surface area contributed by atoms with Crippen molar-refractivity contribution in [2.45, 2.75) is 19.8 Å². The molecular weight excluding hydrogens is 262 g/mol. The lowest BCUT2D eigenvalue weighted by Gasteiger charge is -2.07. The minimum absolute atomic E-state index is 0.0260. The summed E-state index contributed by atoms with van der Waals surface area (Å²) < 4.78 is 5.54. The van der Waals surface area contributed by atoms with Crippen molar-refractivity contribution in [1.82, 2.24) is 5.32 Å². The molecule has 0 aliphatic heterocycles. The van der Waals surface area contributed by atoms with E-state index in [9.17, 15) is 4.79 Å². The van der Waals surface area contributed by atoms with Gasteiger partial charge in [0.2, 0.25) is 5.91 Å². The third-order valence-corrected chi connectivity index (χ3v) is 3.20. The molecule has 0 aliphatic rings. The van der Waals surface area contributed by atoms with E-state index in [1.807, 2.05) is 49.4 Å². The van der Waals surface area contributed by atoms with Crippen LogP contribution in [0.3, 0.4) is 0 Å². The summed E-state index contributed by atoms with van der Waals surface area (Å²) in [6, 6.07) is 18.0. The minimum Gasteiger partial charge on any atom is -0.493 e. The molecule has 0 aliphatic carbocycles. The molecule has 0 aromatic heterocycles. The molecule has 0 heterocycles. The van der Waals surface area contributed by atoms with Gasteiger partial charge >= 0.3 is 0 Å². The smallest absolute Gasteiger partial charge is 0.223 e. The van der Waals surface area contributed by atoms with Crippen LogP contribution in [0.15, 0.2) is 54.6 Å². The van der Waals surface area contributed by atoms with Crippen molar-refractivity contribution < 1.29 is 9.53 Å². The summed E-state index contributed by atoms with van der Waals surface area (Å²) in [5.74, 6) is 0.829. The maximum atomic E-state index is 11.7. The molecule has 0 saturated heterocycles. The van der Waals surface area contributed by atoms with Crippen molar-refractivity contribution in [3.63, 3.8) is 0 Å². The van der Waals surface area contributed by atoms with Gasteiger partial charge in [0.1, 0.15) is 5.75 Å². The minimum atomic E-state index is 0.0260. The molecule has 1 amide bonds. The molecule has 3 heteroatoms. The predicted octanol–water partition coefficient (Wildman–Crippen LogP) is 3.12. The zero-order chi connectivity index (χ0) is 14.9. The van der Waals surface area contributed by atoms with E-state index in [1.165, 1.54) is 11.1 Å². The van der Waals surface area contributed by atoms with Crippen LogP contribution in [0.4, 0.5) is 0 Å². The number of amides is 1. The quantitative estimate of drug-likeness (QED) is 0.848. The molecule has 110 valence electrons. The fourth-order valence-electron chi connectivity index (χ4n) is 1.98. The predicted molar refractivity (Wildman–Crippen MR) is 84.4 cm³/mol. The van der Waals surface area contributed by atoms with Gasteiger partial charge in [-0.1, -0.05) is 48.0 Å². The molecule has 2 aromatic rings. The summed E-state index contributed by atoms with van der Waals surface area (Å²) >= 11 is 0. The molecule has 2 aromatic carbocycles. The Labute approximate surface area is 126 Å². The van der Waals surface area contributed by atoms with Crippen LogP contribution in [0.5, 0.6) is 5.75 Å². The molecule has 21 heavy (non-hydrogen) atoms. The van der Waals surface area contributed by atoms with E-state index < -0.39 is 0 Å². The third-order valence-electron chi connectivity index (χ3n) is 3.20. The number of hydrogen-bond acceptors (Lipinski definition) is 2. The molecular formula is C18H21NO2. The van der Waals surface area contributed by atoms with Gasteiger partial charge in [-0.2, -0.15) is 0 Å². The van der Waals surface area contributed by atoms with Crippen LogP contribution in [-0.4, -0.2) is 19.1 Å². The Balaban J connectivity index is 1.60. The number of ether oxygens (including phenoxy) is 1. The molecule has 0 radical (unpaired) electrons. The van der Waals surface area contributed by atoms with Crippen molar-refractivity contribution in [3.8, 4) is 5.75 Å². The van der Waals surface area contributed by atoms with E-state index in [4.69, 9.17) is 4.74 Å². The van der Waals surface area contributed by atoms with Gasteiger partial charge in [-0.3, -0.25) is 4.79 Å². The van der Waals surface area contributed by atoms with E-state index in [0.29, 0.717) is 19.6 Å². The van der Waals surface area contributed by atoms with Crippen molar-refractivity contribution >= 4 is 5.91 Å². The van der Waals surface area contributed by atoms with Crippen LogP contribution in [0.1, 0.15) is 17.5 Å². The number of benzene rings is 2. The average Bonchev–Trinajstić information content (AvgIpc) is 2.50. The van der Waals surface area contributed by atoms with E-state index in [-0.39, 0.29) is 5.91 Å². The Kier molecular flexibility index (Phi) is 5.83. The summed E-state index contributed by atoms with van der Waals surface area (Å²) in [5, 5.41) is 2.91. The van der Waals surface area contributed by atoms with Crippen molar-refractivity contribution in [3.05, 3.63) is 65.7 Å². The highest BCUT2D eigenvalue weighted by Gasteiger charge is 2.01. The van der Waals surface area contributed by atoms with Crippen molar-refractivity contribution in [2.75, 3.05) is 13.2 Å². The van der Waals surface area contributed by atoms with Crippen LogP contribution in [0.25, 0.3) is 0 Å². The van der Waals surface area contributed by atoms with Gasteiger partial charge in [0.25, 0.3) is 0 Å². The molecule has 0 atom stereocenters. The molecule has 0 saturated carbocycles. The first kappa shape index (κ1) is 15.1. The third kappa shape index (κ3) is 5.69. The zero-order valence-electron chi connectivity index (χ0n) is 12.3. The van der Waals surface area contributed by atoms with Gasteiger partial charge in [-0.15, -0.1) is 0 Å². The lowest BCUT2D eigenvalue weighted by atomic mass is 10.1. The second-order valence-corrected chi connectivity index (χ2v) is 5.00. The maximum Gasteiger partial charge on any atom is 0.223 e. The standard InChI is InChI=1S/C18H21NO2/c1-15-7-9-17(10-8-15)21-14-12-18(20)19-13-11-16-5-3-2-4-6-16/h2-10H,11-14H2,1H3,(H,19,20). The molecule has 1 N–H and O–H groups in total. The van der Waals surface area contributed by atoms with E-state index >= 15 is 0 Å². The number of aryl methyl sites for hydroxylation is 1. The van der Waals surface area contributed by atoms with Crippen molar-refractivity contribution in [2.24, 2.45) is 0 Å². The second kappa shape index (κ2) is 8.10. The van der Waals surface area contributed by atoms with Crippen LogP contribution < -0.4 is 10.1 Å². The normalized spacial score (nSPS) is 10.1. The first-order valence-electron chi connectivity index (χ1n) is 7.24. The van der Waals surface area contributed by atoms with Gasteiger partial charge < -0.3 is 10.1 Å². The van der Waals surface area contributed by atoms with Crippen LogP contribution in [0.2, 0.25) is 0 Å². The summed E-state index contributed by atoms with van der Waals surface area (Å²) in [4.78, 5) is 11.7. The van der Waals surface area contributed by atoms with Gasteiger partial charge in [-0.25, -0.2) is 0 Å². The van der Waals surface area contributed by atoms with Gasteiger partial charge in [-0.05, 0) is 31.0 Å². The summed E-state index contributed by atoms with van der Waals surface area (Å²) in [5.41, 5.74) is 2.43. The maximum absolute atomic E-state index is 11.7. The Morgan fingerprint density at radius 2 is 1.76 bits per heavy atom. The second-order valence-electron chi connectivity index (χ2n) is 5.00. The summed E-state index contributed by atoms with van der Waals surface area (Å²) in [7, 11) is 0. The highest BCUT2D eigenvalue weighted by Crippen LogP contribution is 2.11. The Hall–Kier alpha value is -2.29. The first-order valence-corrected chi connectivity index (χ1v) is 7.24. The van der Waals surface area contributed by atoms with E-state index in [0.717, 1.165) is 12.2 Å². The van der Waals surface area contributed by atoms with Gasteiger partial charge in [0.15, 0.2) is 0 Å². The number of carbonyl (C=O) groups excluding carboxylic acids is 1. The fraction of sp³-hybridized carbons (Fsp3) is 0.278. The Bertz CT molecular complexity index is 549. The van der Waals surface area contributed by atoms with E-state index in [2.05, 4.69) is 17.4 Å². The lowest BCUT2D eigenvalue weighted by molar-refractivity contribution is -0.121. The lowest BCUT2D eigenvalue weighted by Crippen LogP contribution is -2.27. The summed E-state index contributed by atoms with van der Waals surface area (Å²) in [6.07, 6.45) is 1.23. The topological polar surface area (TPSA) is 38.3 Å². The first-order chi connectivity index (χ1) is 10.2. The molecule has 0 fully saturated rings. The average molecular weight is 283 g/mol. The fourth-order valence-corrected chi connectivity index (χ4v) is 1.98. The zero-order valence-corrected chi connectivity index (χ0v) is 12.3. The monoisotopic (exact) mass is 283 g/mol. The number of hydrogen-bond donors (Lipinski definition) is 1. The Morgan fingerprint density at radius 1 is 1.05 bits per heavy atom. The molecule has 0 unspecified atom stereocenters. The van der Waals surface area contributed by atoms with Crippen molar-refractivity contribution in [1.29, 1.82) is 0 Å². The molecule has 2 rings (SSSR count). The number of nitrogens with one attached hydrogen (secondary N) is 1. The SMILES string of the molecule is Cc1ccc(OCCC(=O)NCCc2ccccc2)cc1. The van der Waals surface area contributed by atoms with E-state index in [1.54, 1.807) is 0 Å². The summed E-state index contributed by atoms with van der Waals surface area (Å²) in [6.45, 7) is 3.09. The molecule has 0 spiro atoms. The van der Waals surface area contributed by atoms with Gasteiger partial charge in [0.05, 0.1) is 13.0 Å². The largest absolute Gasteiger partial charge is 0.493 e. The highest BCUT2D eigenvalue weighted by molar-refractivity contribution is 5.75. The molecule has 3 nitrogen and oxygen atoms in total. The highest BCUT2D eigenvalue weighted by atomic mass is 16.5. The number of carbonyl (C=O) groups is 1.